The maximum atomic E-state index is 13.5. The Labute approximate surface area is 200 Å². The molecule has 33 heavy (non-hydrogen) atoms. The Bertz CT molecular complexity index is 1290. The summed E-state index contributed by atoms with van der Waals surface area (Å²) >= 11 is 5.36. The minimum Gasteiger partial charge on any atom is -0.365 e. The fraction of sp³-hybridized carbons (Fsp3) is 0.296. The average Bonchev–Trinajstić information content (AvgIpc) is 2.71. The maximum Gasteiger partial charge on any atom is 0.270 e. The first-order valence-electron chi connectivity index (χ1n) is 11.0. The average molecular weight is 460 g/mol. The Morgan fingerprint density at radius 1 is 0.970 bits per heavy atom. The zero-order valence-corrected chi connectivity index (χ0v) is 21.0. The predicted molar refractivity (Wildman–Crippen MR) is 139 cm³/mol. The first-order valence-corrected chi connectivity index (χ1v) is 11.4. The molecule has 1 saturated heterocycles. The van der Waals surface area contributed by atoms with Crippen LogP contribution in [-0.2, 0) is 9.59 Å². The summed E-state index contributed by atoms with van der Waals surface area (Å²) in [6.45, 7) is 12.4. The number of anilines is 2. The van der Waals surface area contributed by atoms with Crippen LogP contribution in [0.3, 0.4) is 0 Å². The van der Waals surface area contributed by atoms with Gasteiger partial charge < -0.3 is 4.90 Å². The molecule has 2 aromatic rings. The Balaban J connectivity index is 1.80. The number of thiocarbonyl (C=S) groups is 1. The molecule has 0 spiro atoms. The maximum absolute atomic E-state index is 13.5. The Hall–Kier alpha value is -3.25. The molecular formula is C27H29N3O2S. The van der Waals surface area contributed by atoms with Crippen molar-refractivity contribution < 1.29 is 9.59 Å². The number of aryl methyl sites for hydroxylation is 3. The van der Waals surface area contributed by atoms with Crippen molar-refractivity contribution >= 4 is 52.2 Å². The standard InChI is InChI=1S/C27H29N3O2S/c1-15-8-9-22(17(3)10-15)30-25(32)21(24(31)28-26(30)33)13-19-12-20-18(4)14-27(5,6)29(7)23(20)11-16(19)2/h8-14H,1-7H3,(H,28,31,33)/b21-13-. The molecule has 1 fully saturated rings. The van der Waals surface area contributed by atoms with E-state index in [0.717, 1.165) is 33.5 Å². The van der Waals surface area contributed by atoms with Gasteiger partial charge in [0.2, 0.25) is 0 Å². The van der Waals surface area contributed by atoms with Crippen LogP contribution < -0.4 is 15.1 Å². The number of carbonyl (C=O) groups is 2. The number of nitrogens with one attached hydrogen (secondary N) is 1. The third kappa shape index (κ3) is 3.89. The molecule has 0 saturated carbocycles. The number of hydrogen-bond acceptors (Lipinski definition) is 4. The van der Waals surface area contributed by atoms with E-state index < -0.39 is 11.8 Å². The highest BCUT2D eigenvalue weighted by Crippen LogP contribution is 2.39. The van der Waals surface area contributed by atoms with Gasteiger partial charge in [0.25, 0.3) is 11.8 Å². The van der Waals surface area contributed by atoms with E-state index in [9.17, 15) is 9.59 Å². The topological polar surface area (TPSA) is 52.7 Å². The van der Waals surface area contributed by atoms with Crippen LogP contribution in [0.1, 0.15) is 48.6 Å². The normalized spacial score (nSPS) is 18.9. The van der Waals surface area contributed by atoms with Crippen LogP contribution >= 0.6 is 12.2 Å². The lowest BCUT2D eigenvalue weighted by atomic mass is 9.87. The van der Waals surface area contributed by atoms with Crippen molar-refractivity contribution in [3.05, 3.63) is 69.8 Å². The number of fused-ring (bicyclic) bond motifs is 1. The molecular weight excluding hydrogens is 430 g/mol. The van der Waals surface area contributed by atoms with Crippen LogP contribution in [0.15, 0.2) is 42.0 Å². The van der Waals surface area contributed by atoms with Gasteiger partial charge in [-0.2, -0.15) is 0 Å². The third-order valence-corrected chi connectivity index (χ3v) is 6.88. The summed E-state index contributed by atoms with van der Waals surface area (Å²) in [5.74, 6) is -0.896. The lowest BCUT2D eigenvalue weighted by molar-refractivity contribution is -0.122. The van der Waals surface area contributed by atoms with Gasteiger partial charge in [0.15, 0.2) is 5.11 Å². The van der Waals surface area contributed by atoms with Crippen molar-refractivity contribution in [2.75, 3.05) is 16.8 Å². The van der Waals surface area contributed by atoms with E-state index in [4.69, 9.17) is 12.2 Å². The van der Waals surface area contributed by atoms with Gasteiger partial charge in [0.05, 0.1) is 11.2 Å². The van der Waals surface area contributed by atoms with Crippen LogP contribution in [0.25, 0.3) is 11.6 Å². The number of nitrogens with zero attached hydrogens (tertiary/aromatic N) is 2. The lowest BCUT2D eigenvalue weighted by Crippen LogP contribution is -2.54. The SMILES string of the molecule is CC1=CC(C)(C)N(C)c2cc(C)c(/C=C3/C(=O)NC(=S)N(c4ccc(C)cc4C)C3=O)cc21. The van der Waals surface area contributed by atoms with E-state index in [-0.39, 0.29) is 16.2 Å². The Morgan fingerprint density at radius 3 is 2.33 bits per heavy atom. The van der Waals surface area contributed by atoms with E-state index in [1.807, 2.05) is 39.0 Å². The van der Waals surface area contributed by atoms with Crippen molar-refractivity contribution in [2.24, 2.45) is 0 Å². The zero-order valence-electron chi connectivity index (χ0n) is 20.2. The molecule has 2 heterocycles. The molecule has 5 nitrogen and oxygen atoms in total. The summed E-state index contributed by atoms with van der Waals surface area (Å²) in [6.07, 6.45) is 3.92. The number of allylic oxidation sites excluding steroid dienone is 1. The lowest BCUT2D eigenvalue weighted by Gasteiger charge is -2.41. The van der Waals surface area contributed by atoms with Crippen molar-refractivity contribution in [3.8, 4) is 0 Å². The van der Waals surface area contributed by atoms with E-state index >= 15 is 0 Å². The highest BCUT2D eigenvalue weighted by molar-refractivity contribution is 7.80. The minimum absolute atomic E-state index is 0.0674. The van der Waals surface area contributed by atoms with Crippen LogP contribution in [0.4, 0.5) is 11.4 Å². The second-order valence-corrected chi connectivity index (χ2v) is 9.90. The molecule has 2 aromatic carbocycles. The second-order valence-electron chi connectivity index (χ2n) is 9.51. The van der Waals surface area contributed by atoms with Gasteiger partial charge >= 0.3 is 0 Å². The molecule has 170 valence electrons. The predicted octanol–water partition coefficient (Wildman–Crippen LogP) is 5.07. The summed E-state index contributed by atoms with van der Waals surface area (Å²) in [5.41, 5.74) is 7.88. The molecule has 0 atom stereocenters. The van der Waals surface area contributed by atoms with E-state index in [2.05, 4.69) is 56.2 Å². The van der Waals surface area contributed by atoms with Gasteiger partial charge in [-0.1, -0.05) is 23.8 Å². The number of benzene rings is 2. The van der Waals surface area contributed by atoms with Gasteiger partial charge in [-0.3, -0.25) is 19.8 Å². The molecule has 2 aliphatic rings. The van der Waals surface area contributed by atoms with Crippen molar-refractivity contribution in [1.82, 2.24) is 5.32 Å². The number of amides is 2. The Morgan fingerprint density at radius 2 is 1.67 bits per heavy atom. The van der Waals surface area contributed by atoms with Crippen molar-refractivity contribution in [3.63, 3.8) is 0 Å². The molecule has 0 aliphatic carbocycles. The van der Waals surface area contributed by atoms with Gasteiger partial charge in [0, 0.05) is 18.3 Å². The second kappa shape index (κ2) is 7.96. The molecule has 0 unspecified atom stereocenters. The molecule has 2 amide bonds. The van der Waals surface area contributed by atoms with Crippen LogP contribution in [-0.4, -0.2) is 29.5 Å². The van der Waals surface area contributed by atoms with Gasteiger partial charge in [0.1, 0.15) is 5.57 Å². The van der Waals surface area contributed by atoms with Gasteiger partial charge in [-0.15, -0.1) is 0 Å². The first kappa shape index (κ1) is 22.9. The number of rotatable bonds is 2. The monoisotopic (exact) mass is 459 g/mol. The van der Waals surface area contributed by atoms with E-state index in [0.29, 0.717) is 5.69 Å². The number of carbonyl (C=O) groups excluding carboxylic acids is 2. The van der Waals surface area contributed by atoms with Gasteiger partial charge in [-0.05, 0) is 100 Å². The molecule has 6 heteroatoms. The van der Waals surface area contributed by atoms with Crippen molar-refractivity contribution in [1.29, 1.82) is 0 Å². The molecule has 1 N–H and O–H groups in total. The van der Waals surface area contributed by atoms with Crippen LogP contribution in [0, 0.1) is 20.8 Å². The third-order valence-electron chi connectivity index (χ3n) is 6.60. The fourth-order valence-electron chi connectivity index (χ4n) is 4.56. The smallest absolute Gasteiger partial charge is 0.270 e. The zero-order chi connectivity index (χ0) is 24.2. The highest BCUT2D eigenvalue weighted by Gasteiger charge is 2.35. The van der Waals surface area contributed by atoms with Gasteiger partial charge in [-0.25, -0.2) is 0 Å². The fourth-order valence-corrected chi connectivity index (χ4v) is 4.84. The molecule has 4 rings (SSSR count). The van der Waals surface area contributed by atoms with Crippen molar-refractivity contribution in [2.45, 2.75) is 47.1 Å². The summed E-state index contributed by atoms with van der Waals surface area (Å²) in [6, 6.07) is 9.96. The van der Waals surface area contributed by atoms with E-state index in [1.165, 1.54) is 10.5 Å². The number of likely N-dealkylation sites (N-methyl/N-ethyl adjacent to an activating group) is 1. The summed E-state index contributed by atoms with van der Waals surface area (Å²) in [7, 11) is 2.08. The largest absolute Gasteiger partial charge is 0.365 e. The minimum atomic E-state index is -0.478. The summed E-state index contributed by atoms with van der Waals surface area (Å²) < 4.78 is 0. The quantitative estimate of drug-likeness (QED) is 0.387. The van der Waals surface area contributed by atoms with Crippen LogP contribution in [0.5, 0.6) is 0 Å². The van der Waals surface area contributed by atoms with Crippen LogP contribution in [0.2, 0.25) is 0 Å². The van der Waals surface area contributed by atoms with E-state index in [1.54, 1.807) is 6.08 Å². The summed E-state index contributed by atoms with van der Waals surface area (Å²) in [5, 5.41) is 2.78. The summed E-state index contributed by atoms with van der Waals surface area (Å²) in [4.78, 5) is 29.9. The molecule has 2 aliphatic heterocycles. The first-order chi connectivity index (χ1) is 15.4. The molecule has 0 radical (unpaired) electrons. The highest BCUT2D eigenvalue weighted by atomic mass is 32.1. The molecule has 0 aromatic heterocycles. The molecule has 0 bridgehead atoms. The Kier molecular flexibility index (Phi) is 5.53. The number of hydrogen-bond donors (Lipinski definition) is 1.